The molecule has 0 radical (unpaired) electrons. The van der Waals surface area contributed by atoms with Gasteiger partial charge in [-0.3, -0.25) is 14.9 Å². The summed E-state index contributed by atoms with van der Waals surface area (Å²) in [5.74, 6) is -0.707. The molecular weight excluding hydrogens is 436 g/mol. The Morgan fingerprint density at radius 2 is 1.77 bits per heavy atom. The van der Waals surface area contributed by atoms with Gasteiger partial charge in [0.25, 0.3) is 5.91 Å². The lowest BCUT2D eigenvalue weighted by atomic mass is 10.2. The molecule has 3 aromatic rings. The third kappa shape index (κ3) is 4.60. The Kier molecular flexibility index (Phi) is 6.03. The second kappa shape index (κ2) is 8.74. The summed E-state index contributed by atoms with van der Waals surface area (Å²) < 4.78 is 28.5. The van der Waals surface area contributed by atoms with E-state index in [4.69, 9.17) is 0 Å². The van der Waals surface area contributed by atoms with Crippen LogP contribution >= 0.6 is 11.3 Å². The summed E-state index contributed by atoms with van der Waals surface area (Å²) in [7, 11) is -3.76. The average molecular weight is 459 g/mol. The van der Waals surface area contributed by atoms with Crippen molar-refractivity contribution in [3.05, 3.63) is 48.0 Å². The first-order valence-electron chi connectivity index (χ1n) is 9.93. The molecule has 2 heterocycles. The summed E-state index contributed by atoms with van der Waals surface area (Å²) >= 11 is 1.25. The van der Waals surface area contributed by atoms with Gasteiger partial charge in [-0.1, -0.05) is 29.9 Å². The van der Waals surface area contributed by atoms with Crippen LogP contribution in [-0.4, -0.2) is 42.6 Å². The van der Waals surface area contributed by atoms with Gasteiger partial charge in [-0.25, -0.2) is 13.4 Å². The highest BCUT2D eigenvalue weighted by atomic mass is 32.2. The molecule has 162 valence electrons. The number of hydrogen-bond acceptors (Lipinski definition) is 6. The number of benzene rings is 2. The normalized spacial score (nSPS) is 15.0. The van der Waals surface area contributed by atoms with Crippen molar-refractivity contribution in [2.45, 2.75) is 31.1 Å². The maximum atomic E-state index is 13.1. The van der Waals surface area contributed by atoms with Gasteiger partial charge in [0.2, 0.25) is 15.9 Å². The third-order valence-electron chi connectivity index (χ3n) is 4.99. The van der Waals surface area contributed by atoms with Crippen LogP contribution in [0.25, 0.3) is 10.2 Å². The van der Waals surface area contributed by atoms with E-state index < -0.39 is 15.9 Å². The predicted molar refractivity (Wildman–Crippen MR) is 121 cm³/mol. The molecule has 31 heavy (non-hydrogen) atoms. The van der Waals surface area contributed by atoms with Crippen molar-refractivity contribution in [2.75, 3.05) is 23.7 Å². The van der Waals surface area contributed by atoms with E-state index in [9.17, 15) is 18.0 Å². The fourth-order valence-electron chi connectivity index (χ4n) is 3.55. The van der Waals surface area contributed by atoms with Gasteiger partial charge in [0.15, 0.2) is 5.13 Å². The summed E-state index contributed by atoms with van der Waals surface area (Å²) in [5.41, 5.74) is 1.40. The standard InChI is InChI=1S/C21H22N4O4S2/c1-14(26)22-15-9-10-17-18(13-15)30-21(23-17)24-20(27)16-7-3-4-8-19(16)31(28,29)25-11-5-2-6-12-25/h3-4,7-10,13H,2,5-6,11-12H2,1H3,(H,22,26)(H,23,24,27). The maximum absolute atomic E-state index is 13.1. The molecule has 2 amide bonds. The minimum Gasteiger partial charge on any atom is -0.326 e. The van der Waals surface area contributed by atoms with Crippen LogP contribution in [0.3, 0.4) is 0 Å². The Hall–Kier alpha value is -2.82. The van der Waals surface area contributed by atoms with Crippen molar-refractivity contribution in [3.8, 4) is 0 Å². The predicted octanol–water partition coefficient (Wildman–Crippen LogP) is 3.68. The lowest BCUT2D eigenvalue weighted by molar-refractivity contribution is -0.114. The zero-order valence-corrected chi connectivity index (χ0v) is 18.6. The second-order valence-corrected chi connectivity index (χ2v) is 10.2. The van der Waals surface area contributed by atoms with Crippen molar-refractivity contribution < 1.29 is 18.0 Å². The zero-order chi connectivity index (χ0) is 22.0. The molecule has 2 aromatic carbocycles. The topological polar surface area (TPSA) is 108 Å². The van der Waals surface area contributed by atoms with Crippen LogP contribution in [0.15, 0.2) is 47.4 Å². The van der Waals surface area contributed by atoms with E-state index in [1.54, 1.807) is 30.3 Å². The van der Waals surface area contributed by atoms with E-state index in [0.29, 0.717) is 29.4 Å². The van der Waals surface area contributed by atoms with Gasteiger partial charge in [0.1, 0.15) is 0 Å². The molecule has 4 rings (SSSR count). The van der Waals surface area contributed by atoms with Crippen molar-refractivity contribution in [1.29, 1.82) is 0 Å². The van der Waals surface area contributed by atoms with E-state index in [1.165, 1.54) is 34.7 Å². The van der Waals surface area contributed by atoms with E-state index in [-0.39, 0.29) is 16.4 Å². The Morgan fingerprint density at radius 3 is 2.52 bits per heavy atom. The molecular formula is C21H22N4O4S2. The number of anilines is 2. The van der Waals surface area contributed by atoms with Crippen molar-refractivity contribution >= 4 is 54.2 Å². The van der Waals surface area contributed by atoms with E-state index >= 15 is 0 Å². The lowest BCUT2D eigenvalue weighted by Crippen LogP contribution is -2.36. The summed E-state index contributed by atoms with van der Waals surface area (Å²) in [6.07, 6.45) is 2.65. The summed E-state index contributed by atoms with van der Waals surface area (Å²) in [6.45, 7) is 2.36. The molecule has 1 aliphatic heterocycles. The van der Waals surface area contributed by atoms with E-state index in [1.807, 2.05) is 0 Å². The van der Waals surface area contributed by atoms with Crippen LogP contribution in [0.2, 0.25) is 0 Å². The number of thiazole rings is 1. The molecule has 1 aliphatic rings. The zero-order valence-electron chi connectivity index (χ0n) is 16.9. The van der Waals surface area contributed by atoms with Crippen molar-refractivity contribution in [1.82, 2.24) is 9.29 Å². The third-order valence-corrected chi connectivity index (χ3v) is 7.88. The molecule has 0 atom stereocenters. The molecule has 8 nitrogen and oxygen atoms in total. The molecule has 0 bridgehead atoms. The molecule has 0 spiro atoms. The summed E-state index contributed by atoms with van der Waals surface area (Å²) in [5, 5.41) is 5.78. The first kappa shape index (κ1) is 21.4. The van der Waals surface area contributed by atoms with Crippen molar-refractivity contribution in [2.24, 2.45) is 0 Å². The van der Waals surface area contributed by atoms with E-state index in [2.05, 4.69) is 15.6 Å². The van der Waals surface area contributed by atoms with Crippen LogP contribution in [0.5, 0.6) is 0 Å². The number of aromatic nitrogens is 1. The minimum atomic E-state index is -3.76. The Balaban J connectivity index is 1.60. The SMILES string of the molecule is CC(=O)Nc1ccc2nc(NC(=O)c3ccccc3S(=O)(=O)N3CCCCC3)sc2c1. The largest absolute Gasteiger partial charge is 0.326 e. The lowest BCUT2D eigenvalue weighted by Gasteiger charge is -2.26. The molecule has 2 N–H and O–H groups in total. The van der Waals surface area contributed by atoms with Gasteiger partial charge in [-0.05, 0) is 43.2 Å². The van der Waals surface area contributed by atoms with Crippen molar-refractivity contribution in [3.63, 3.8) is 0 Å². The minimum absolute atomic E-state index is 0.00320. The Morgan fingerprint density at radius 1 is 1.03 bits per heavy atom. The number of nitrogens with zero attached hydrogens (tertiary/aromatic N) is 2. The molecule has 10 heteroatoms. The monoisotopic (exact) mass is 458 g/mol. The number of nitrogens with one attached hydrogen (secondary N) is 2. The smallest absolute Gasteiger partial charge is 0.258 e. The number of carbonyl (C=O) groups is 2. The quantitative estimate of drug-likeness (QED) is 0.606. The van der Waals surface area contributed by atoms with Crippen LogP contribution in [0.1, 0.15) is 36.5 Å². The Bertz CT molecular complexity index is 1250. The fraction of sp³-hybridized carbons (Fsp3) is 0.286. The van der Waals surface area contributed by atoms with Gasteiger partial charge in [-0.15, -0.1) is 0 Å². The molecule has 1 aromatic heterocycles. The number of sulfonamides is 1. The van der Waals surface area contributed by atoms with Gasteiger partial charge < -0.3 is 5.32 Å². The number of fused-ring (bicyclic) bond motifs is 1. The molecule has 1 saturated heterocycles. The first-order valence-corrected chi connectivity index (χ1v) is 12.2. The number of amides is 2. The molecule has 0 unspecified atom stereocenters. The van der Waals surface area contributed by atoms with Crippen LogP contribution in [-0.2, 0) is 14.8 Å². The van der Waals surface area contributed by atoms with Gasteiger partial charge in [0.05, 0.1) is 20.7 Å². The molecule has 1 fully saturated rings. The van der Waals surface area contributed by atoms with Crippen LogP contribution in [0, 0.1) is 0 Å². The highest BCUT2D eigenvalue weighted by molar-refractivity contribution is 7.89. The van der Waals surface area contributed by atoms with Gasteiger partial charge in [-0.2, -0.15) is 4.31 Å². The number of hydrogen-bond donors (Lipinski definition) is 2. The van der Waals surface area contributed by atoms with Crippen LogP contribution in [0.4, 0.5) is 10.8 Å². The van der Waals surface area contributed by atoms with Crippen LogP contribution < -0.4 is 10.6 Å². The highest BCUT2D eigenvalue weighted by Crippen LogP contribution is 2.30. The maximum Gasteiger partial charge on any atom is 0.258 e. The molecule has 0 saturated carbocycles. The number of carbonyl (C=O) groups excluding carboxylic acids is 2. The fourth-order valence-corrected chi connectivity index (χ4v) is 6.15. The number of rotatable bonds is 5. The summed E-state index contributed by atoms with van der Waals surface area (Å²) in [6, 6.07) is 11.5. The highest BCUT2D eigenvalue weighted by Gasteiger charge is 2.30. The second-order valence-electron chi connectivity index (χ2n) is 7.30. The number of piperidine rings is 1. The molecule has 0 aliphatic carbocycles. The van der Waals surface area contributed by atoms with E-state index in [0.717, 1.165) is 24.0 Å². The average Bonchev–Trinajstić information content (AvgIpc) is 3.15. The van der Waals surface area contributed by atoms with Gasteiger partial charge in [0, 0.05) is 25.7 Å². The Labute approximate surface area is 184 Å². The first-order chi connectivity index (χ1) is 14.8. The van der Waals surface area contributed by atoms with Gasteiger partial charge >= 0.3 is 0 Å². The summed E-state index contributed by atoms with van der Waals surface area (Å²) in [4.78, 5) is 28.6.